The Morgan fingerprint density at radius 1 is 0.607 bits per heavy atom. The van der Waals surface area contributed by atoms with Crippen LogP contribution in [0.25, 0.3) is 0 Å². The van der Waals surface area contributed by atoms with Crippen molar-refractivity contribution in [1.82, 2.24) is 26.2 Å². The first kappa shape index (κ1) is 48.5. The number of hydrogen-bond acceptors (Lipinski definition) is 10. The molecule has 6 amide bonds. The molecule has 328 valence electrons. The normalized spacial score (nSPS) is 13.7. The quantitative estimate of drug-likeness (QED) is 0.0785. The van der Waals surface area contributed by atoms with Gasteiger partial charge in [0.2, 0.25) is 11.8 Å². The van der Waals surface area contributed by atoms with Crippen molar-refractivity contribution in [2.24, 2.45) is 23.3 Å². The first-order valence-corrected chi connectivity index (χ1v) is 20.3. The minimum absolute atomic E-state index is 0.0232. The zero-order valence-corrected chi connectivity index (χ0v) is 35.4. The van der Waals surface area contributed by atoms with E-state index in [1.807, 2.05) is 111 Å². The topological polar surface area (TPSA) is 236 Å². The van der Waals surface area contributed by atoms with Crippen LogP contribution in [0.5, 0.6) is 0 Å². The SMILES string of the molecule is CC(C)C[C@H](NC(=O)OCc1ccccc1)C(=O)N/C(=C/N1CCCCC1)C(N)=O.CC(C)C[C@H](NC(=O)OCc1ccccc1)C(=O)N/C(=C/Nc1ccccc1)C(N)=O. The average Bonchev–Trinajstić information content (AvgIpc) is 3.24. The number of nitrogens with one attached hydrogen (secondary N) is 5. The van der Waals surface area contributed by atoms with Gasteiger partial charge in [0.05, 0.1) is 0 Å². The zero-order valence-electron chi connectivity index (χ0n) is 35.4. The monoisotopic (exact) mass is 840 g/mol. The lowest BCUT2D eigenvalue weighted by atomic mass is 10.0. The Morgan fingerprint density at radius 2 is 1.02 bits per heavy atom. The second-order valence-electron chi connectivity index (χ2n) is 15.2. The van der Waals surface area contributed by atoms with E-state index in [4.69, 9.17) is 20.9 Å². The number of likely N-dealkylation sites (tertiary alicyclic amines) is 1. The number of ether oxygens (including phenoxy) is 2. The van der Waals surface area contributed by atoms with Crippen molar-refractivity contribution in [2.45, 2.75) is 85.1 Å². The van der Waals surface area contributed by atoms with Gasteiger partial charge in [-0.25, -0.2) is 9.59 Å². The highest BCUT2D eigenvalue weighted by Crippen LogP contribution is 2.12. The summed E-state index contributed by atoms with van der Waals surface area (Å²) in [5.74, 6) is -2.35. The number of piperidine rings is 1. The second kappa shape index (κ2) is 26.3. The van der Waals surface area contributed by atoms with E-state index in [0.29, 0.717) is 12.8 Å². The molecule has 1 saturated heterocycles. The molecule has 9 N–H and O–H groups in total. The van der Waals surface area contributed by atoms with Gasteiger partial charge in [0.25, 0.3) is 11.8 Å². The highest BCUT2D eigenvalue weighted by molar-refractivity contribution is 5.99. The van der Waals surface area contributed by atoms with Gasteiger partial charge in [-0.3, -0.25) is 19.2 Å². The first-order chi connectivity index (χ1) is 29.2. The van der Waals surface area contributed by atoms with Crippen LogP contribution in [0.15, 0.2) is 115 Å². The zero-order chi connectivity index (χ0) is 44.6. The van der Waals surface area contributed by atoms with Gasteiger partial charge in [-0.05, 0) is 67.2 Å². The Balaban J connectivity index is 0.000000325. The van der Waals surface area contributed by atoms with Crippen LogP contribution in [0.2, 0.25) is 0 Å². The number of anilines is 1. The molecule has 1 fully saturated rings. The van der Waals surface area contributed by atoms with E-state index in [9.17, 15) is 28.8 Å². The van der Waals surface area contributed by atoms with Crippen molar-refractivity contribution in [2.75, 3.05) is 18.4 Å². The van der Waals surface area contributed by atoms with Crippen LogP contribution in [-0.4, -0.2) is 65.9 Å². The summed E-state index contributed by atoms with van der Waals surface area (Å²) in [7, 11) is 0. The lowest BCUT2D eigenvalue weighted by Crippen LogP contribution is -2.48. The molecule has 2 atom stereocenters. The van der Waals surface area contributed by atoms with Crippen LogP contribution >= 0.6 is 0 Å². The van der Waals surface area contributed by atoms with Gasteiger partial charge in [-0.1, -0.05) is 107 Å². The first-order valence-electron chi connectivity index (χ1n) is 20.3. The number of nitrogens with two attached hydrogens (primary N) is 2. The van der Waals surface area contributed by atoms with Crippen molar-refractivity contribution in [1.29, 1.82) is 0 Å². The van der Waals surface area contributed by atoms with Gasteiger partial charge in [-0.2, -0.15) is 0 Å². The van der Waals surface area contributed by atoms with Gasteiger partial charge >= 0.3 is 12.2 Å². The molecular formula is C45H60N8O8. The molecule has 0 unspecified atom stereocenters. The maximum Gasteiger partial charge on any atom is 0.408 e. The Kier molecular flexibility index (Phi) is 20.9. The van der Waals surface area contributed by atoms with E-state index in [-0.39, 0.29) is 36.4 Å². The van der Waals surface area contributed by atoms with E-state index in [1.165, 1.54) is 6.20 Å². The standard InChI is InChI=1S/C23H28N4O4.C22H32N4O4/c1-16(2)13-19(27-23(30)31-15-17-9-5-3-6-10-17)22(29)26-20(21(24)28)14-25-18-11-7-4-8-12-18;1-16(2)13-18(25-22(29)30-15-17-9-5-3-6-10-17)21(28)24-19(20(23)27)14-26-11-7-4-8-12-26/h3-12,14,16,19,25H,13,15H2,1-2H3,(H2,24,28)(H,26,29)(H,27,30);3,5-6,9-10,14,16,18H,4,7-8,11-13,15H2,1-2H3,(H2,23,27)(H,24,28)(H,25,29)/b20-14+;19-14+/t19-;18-/m00/s1. The summed E-state index contributed by atoms with van der Waals surface area (Å²) in [5.41, 5.74) is 13.1. The third-order valence-corrected chi connectivity index (χ3v) is 8.96. The minimum atomic E-state index is -0.900. The molecule has 0 bridgehead atoms. The predicted octanol–water partition coefficient (Wildman–Crippen LogP) is 5.14. The van der Waals surface area contributed by atoms with Crippen LogP contribution < -0.4 is 38.1 Å². The molecule has 1 heterocycles. The van der Waals surface area contributed by atoms with Gasteiger partial charge in [0.15, 0.2) is 0 Å². The fourth-order valence-corrected chi connectivity index (χ4v) is 5.91. The van der Waals surface area contributed by atoms with Crippen LogP contribution in [0.1, 0.15) is 70.9 Å². The molecule has 61 heavy (non-hydrogen) atoms. The number of carbonyl (C=O) groups excluding carboxylic acids is 6. The van der Waals surface area contributed by atoms with E-state index in [2.05, 4.69) is 26.6 Å². The number of alkyl carbamates (subject to hydrolysis) is 2. The van der Waals surface area contributed by atoms with Crippen LogP contribution in [0.3, 0.4) is 0 Å². The highest BCUT2D eigenvalue weighted by Gasteiger charge is 2.26. The summed E-state index contributed by atoms with van der Waals surface area (Å²) in [6.45, 7) is 9.52. The summed E-state index contributed by atoms with van der Waals surface area (Å²) in [6.07, 6.45) is 5.44. The van der Waals surface area contributed by atoms with Crippen molar-refractivity contribution in [3.05, 3.63) is 126 Å². The minimum Gasteiger partial charge on any atom is -0.445 e. The van der Waals surface area contributed by atoms with E-state index in [0.717, 1.165) is 49.2 Å². The van der Waals surface area contributed by atoms with Crippen molar-refractivity contribution in [3.8, 4) is 0 Å². The van der Waals surface area contributed by atoms with Crippen LogP contribution in [0.4, 0.5) is 15.3 Å². The number of nitrogens with zero attached hydrogens (tertiary/aromatic N) is 1. The molecule has 0 saturated carbocycles. The Morgan fingerprint density at radius 3 is 1.43 bits per heavy atom. The molecule has 0 aromatic heterocycles. The third kappa shape index (κ3) is 19.6. The van der Waals surface area contributed by atoms with E-state index in [1.54, 1.807) is 18.3 Å². The number of hydrogen-bond donors (Lipinski definition) is 7. The Bertz CT molecular complexity index is 1920. The average molecular weight is 841 g/mol. The highest BCUT2D eigenvalue weighted by atomic mass is 16.6. The number of benzene rings is 3. The summed E-state index contributed by atoms with van der Waals surface area (Å²) in [6, 6.07) is 25.8. The molecule has 0 spiro atoms. The van der Waals surface area contributed by atoms with Gasteiger partial charge in [0, 0.05) is 31.2 Å². The maximum absolute atomic E-state index is 12.8. The summed E-state index contributed by atoms with van der Waals surface area (Å²) >= 11 is 0. The Labute approximate surface area is 357 Å². The molecule has 0 aliphatic carbocycles. The fourth-order valence-electron chi connectivity index (χ4n) is 5.91. The molecule has 0 radical (unpaired) electrons. The largest absolute Gasteiger partial charge is 0.445 e. The lowest BCUT2D eigenvalue weighted by molar-refractivity contribution is -0.124. The Hall–Kier alpha value is -6.84. The van der Waals surface area contributed by atoms with Crippen LogP contribution in [-0.2, 0) is 41.9 Å². The second-order valence-corrected chi connectivity index (χ2v) is 15.2. The molecule has 3 aromatic rings. The van der Waals surface area contributed by atoms with Gasteiger partial charge in [-0.15, -0.1) is 0 Å². The number of para-hydroxylation sites is 1. The van der Waals surface area contributed by atoms with Crippen LogP contribution in [0, 0.1) is 11.8 Å². The molecule has 1 aliphatic rings. The summed E-state index contributed by atoms with van der Waals surface area (Å²) < 4.78 is 10.4. The molecular weight excluding hydrogens is 781 g/mol. The molecule has 1 aliphatic heterocycles. The summed E-state index contributed by atoms with van der Waals surface area (Å²) in [4.78, 5) is 75.6. The number of rotatable bonds is 19. The molecule has 16 nitrogen and oxygen atoms in total. The smallest absolute Gasteiger partial charge is 0.408 e. The maximum atomic E-state index is 12.8. The fraction of sp³-hybridized carbons (Fsp3) is 0.378. The van der Waals surface area contributed by atoms with Crippen molar-refractivity contribution in [3.63, 3.8) is 0 Å². The summed E-state index contributed by atoms with van der Waals surface area (Å²) in [5, 5.41) is 13.1. The number of amides is 6. The number of carbonyl (C=O) groups is 6. The van der Waals surface area contributed by atoms with E-state index < -0.39 is 47.9 Å². The third-order valence-electron chi connectivity index (χ3n) is 8.96. The number of primary amides is 2. The molecule has 3 aromatic carbocycles. The predicted molar refractivity (Wildman–Crippen MR) is 232 cm³/mol. The van der Waals surface area contributed by atoms with Crippen molar-refractivity contribution >= 4 is 41.5 Å². The molecule has 16 heteroatoms. The van der Waals surface area contributed by atoms with E-state index >= 15 is 0 Å². The van der Waals surface area contributed by atoms with Gasteiger partial charge in [0.1, 0.15) is 36.7 Å². The van der Waals surface area contributed by atoms with Gasteiger partial charge < -0.3 is 52.4 Å². The lowest BCUT2D eigenvalue weighted by Gasteiger charge is -2.26. The van der Waals surface area contributed by atoms with Crippen molar-refractivity contribution < 1.29 is 38.2 Å². The molecule has 4 rings (SSSR count).